The summed E-state index contributed by atoms with van der Waals surface area (Å²) >= 11 is 0. The number of nitrogens with zero attached hydrogens (tertiary/aromatic N) is 3. The Morgan fingerprint density at radius 2 is 2.06 bits per heavy atom. The van der Waals surface area contributed by atoms with E-state index in [0.29, 0.717) is 25.6 Å². The minimum atomic E-state index is 0.482. The highest BCUT2D eigenvalue weighted by atomic mass is 16.5. The predicted molar refractivity (Wildman–Crippen MR) is 125 cm³/mol. The summed E-state index contributed by atoms with van der Waals surface area (Å²) in [5, 5.41) is 11.5. The van der Waals surface area contributed by atoms with Gasteiger partial charge in [0.15, 0.2) is 5.96 Å². The number of benzene rings is 1. The molecule has 170 valence electrons. The van der Waals surface area contributed by atoms with Gasteiger partial charge in [0.25, 0.3) is 0 Å². The highest BCUT2D eigenvalue weighted by Crippen LogP contribution is 2.23. The molecule has 2 aromatic rings. The zero-order valence-electron chi connectivity index (χ0n) is 19.6. The summed E-state index contributed by atoms with van der Waals surface area (Å²) in [5.41, 5.74) is 6.00. The topological polar surface area (TPSA) is 72.7 Å². The van der Waals surface area contributed by atoms with Crippen molar-refractivity contribution in [2.45, 2.75) is 53.1 Å². The Balaban J connectivity index is 1.61. The molecule has 0 spiro atoms. The van der Waals surface area contributed by atoms with Gasteiger partial charge in [-0.25, -0.2) is 0 Å². The maximum absolute atomic E-state index is 6.17. The van der Waals surface area contributed by atoms with Crippen molar-refractivity contribution >= 4 is 5.96 Å². The fourth-order valence-electron chi connectivity index (χ4n) is 4.03. The Bertz CT molecular complexity index is 884. The lowest BCUT2D eigenvalue weighted by atomic mass is 10.1. The summed E-state index contributed by atoms with van der Waals surface area (Å²) in [6.07, 6.45) is 2.96. The molecule has 0 radical (unpaired) electrons. The molecule has 1 atom stereocenters. The van der Waals surface area contributed by atoms with Crippen molar-refractivity contribution < 1.29 is 9.47 Å². The van der Waals surface area contributed by atoms with Gasteiger partial charge in [-0.1, -0.05) is 26.0 Å². The van der Waals surface area contributed by atoms with E-state index in [4.69, 9.17) is 9.47 Å². The van der Waals surface area contributed by atoms with Crippen LogP contribution in [0, 0.1) is 12.8 Å². The highest BCUT2D eigenvalue weighted by molar-refractivity contribution is 5.79. The first-order valence-corrected chi connectivity index (χ1v) is 11.3. The van der Waals surface area contributed by atoms with E-state index in [9.17, 15) is 0 Å². The number of guanidine groups is 1. The van der Waals surface area contributed by atoms with E-state index < -0.39 is 0 Å². The van der Waals surface area contributed by atoms with Crippen LogP contribution in [0.15, 0.2) is 23.2 Å². The molecule has 2 N–H and O–H groups in total. The lowest BCUT2D eigenvalue weighted by Gasteiger charge is -2.17. The van der Waals surface area contributed by atoms with Crippen molar-refractivity contribution in [3.8, 4) is 5.75 Å². The molecule has 1 aromatic carbocycles. The summed E-state index contributed by atoms with van der Waals surface area (Å²) in [7, 11) is 3.82. The van der Waals surface area contributed by atoms with Crippen LogP contribution in [0.25, 0.3) is 0 Å². The second kappa shape index (κ2) is 11.2. The van der Waals surface area contributed by atoms with Crippen LogP contribution in [0.1, 0.15) is 48.3 Å². The summed E-state index contributed by atoms with van der Waals surface area (Å²) in [6, 6.07) is 6.36. The highest BCUT2D eigenvalue weighted by Gasteiger charge is 2.17. The smallest absolute Gasteiger partial charge is 0.191 e. The van der Waals surface area contributed by atoms with E-state index in [1.54, 1.807) is 7.05 Å². The van der Waals surface area contributed by atoms with Crippen molar-refractivity contribution in [1.82, 2.24) is 20.4 Å². The van der Waals surface area contributed by atoms with Gasteiger partial charge in [0, 0.05) is 56.5 Å². The molecule has 1 aromatic heterocycles. The molecule has 0 aliphatic carbocycles. The Labute approximate surface area is 186 Å². The van der Waals surface area contributed by atoms with Crippen LogP contribution in [0.5, 0.6) is 5.75 Å². The summed E-state index contributed by atoms with van der Waals surface area (Å²) in [6.45, 7) is 10.1. The first-order chi connectivity index (χ1) is 15.0. The molecule has 0 amide bonds. The number of hydrogen-bond acceptors (Lipinski definition) is 4. The number of aromatic nitrogens is 2. The molecule has 1 aliphatic rings. The summed E-state index contributed by atoms with van der Waals surface area (Å²) in [4.78, 5) is 4.40. The van der Waals surface area contributed by atoms with Crippen molar-refractivity contribution in [1.29, 1.82) is 0 Å². The van der Waals surface area contributed by atoms with Gasteiger partial charge in [0.1, 0.15) is 5.75 Å². The molecule has 1 fully saturated rings. The van der Waals surface area contributed by atoms with Crippen LogP contribution in [-0.4, -0.2) is 42.6 Å². The third kappa shape index (κ3) is 6.00. The van der Waals surface area contributed by atoms with Crippen LogP contribution in [0.2, 0.25) is 0 Å². The quantitative estimate of drug-likeness (QED) is 0.475. The number of hydrogen-bond donors (Lipinski definition) is 2. The third-order valence-corrected chi connectivity index (χ3v) is 5.85. The van der Waals surface area contributed by atoms with Gasteiger partial charge in [-0.2, -0.15) is 5.10 Å². The first-order valence-electron chi connectivity index (χ1n) is 11.3. The Morgan fingerprint density at radius 3 is 2.74 bits per heavy atom. The molecule has 1 aliphatic heterocycles. The predicted octanol–water partition coefficient (Wildman–Crippen LogP) is 3.13. The lowest BCUT2D eigenvalue weighted by Crippen LogP contribution is -2.36. The van der Waals surface area contributed by atoms with Gasteiger partial charge >= 0.3 is 0 Å². The zero-order valence-corrected chi connectivity index (χ0v) is 19.6. The number of nitrogens with one attached hydrogen (secondary N) is 2. The number of aliphatic imine (C=N–C) groups is 1. The van der Waals surface area contributed by atoms with E-state index in [0.717, 1.165) is 55.4 Å². The minimum Gasteiger partial charge on any atom is -0.493 e. The standard InChI is InChI=1S/C24H37N5O2/c1-6-21-20(22(7-2)29(5)28-21)14-27-24(25-4)26-13-19-9-8-17(3)12-23(19)31-16-18-10-11-30-15-18/h8-9,12,18H,6-7,10-11,13-16H2,1-5H3,(H2,25,26,27). The zero-order chi connectivity index (χ0) is 22.2. The number of aryl methyl sites for hydroxylation is 3. The molecule has 31 heavy (non-hydrogen) atoms. The first kappa shape index (κ1) is 23.1. The van der Waals surface area contributed by atoms with Crippen molar-refractivity contribution in [2.24, 2.45) is 18.0 Å². The fraction of sp³-hybridized carbons (Fsp3) is 0.583. The molecule has 7 nitrogen and oxygen atoms in total. The van der Waals surface area contributed by atoms with Crippen molar-refractivity contribution in [3.63, 3.8) is 0 Å². The van der Waals surface area contributed by atoms with E-state index in [1.165, 1.54) is 16.8 Å². The maximum atomic E-state index is 6.17. The van der Waals surface area contributed by atoms with E-state index in [2.05, 4.69) is 59.7 Å². The second-order valence-electron chi connectivity index (χ2n) is 8.13. The minimum absolute atomic E-state index is 0.482. The van der Waals surface area contributed by atoms with E-state index in [1.807, 2.05) is 11.7 Å². The average Bonchev–Trinajstić information content (AvgIpc) is 3.40. The van der Waals surface area contributed by atoms with Crippen LogP contribution in [-0.2, 0) is 37.7 Å². The van der Waals surface area contributed by atoms with Gasteiger partial charge in [-0.15, -0.1) is 0 Å². The van der Waals surface area contributed by atoms with Crippen LogP contribution >= 0.6 is 0 Å². The van der Waals surface area contributed by atoms with Gasteiger partial charge < -0.3 is 20.1 Å². The molecule has 1 unspecified atom stereocenters. The van der Waals surface area contributed by atoms with Crippen LogP contribution < -0.4 is 15.4 Å². The van der Waals surface area contributed by atoms with Crippen molar-refractivity contribution in [3.05, 3.63) is 46.3 Å². The SMILES string of the molecule is CCc1nn(C)c(CC)c1CNC(=NC)NCc1ccc(C)cc1OCC1CCOC1. The lowest BCUT2D eigenvalue weighted by molar-refractivity contribution is 0.166. The Kier molecular flexibility index (Phi) is 8.35. The molecule has 3 rings (SSSR count). The van der Waals surface area contributed by atoms with Gasteiger partial charge in [0.2, 0.25) is 0 Å². The normalized spacial score (nSPS) is 16.5. The summed E-state index contributed by atoms with van der Waals surface area (Å²) in [5.74, 6) is 2.18. The molecule has 2 heterocycles. The molecular formula is C24H37N5O2. The molecule has 0 bridgehead atoms. The maximum Gasteiger partial charge on any atom is 0.191 e. The van der Waals surface area contributed by atoms with E-state index in [-0.39, 0.29) is 0 Å². The molecular weight excluding hydrogens is 390 g/mol. The summed E-state index contributed by atoms with van der Waals surface area (Å²) < 4.78 is 13.6. The third-order valence-electron chi connectivity index (χ3n) is 5.85. The molecule has 7 heteroatoms. The molecule has 0 saturated carbocycles. The Hall–Kier alpha value is -2.54. The Morgan fingerprint density at radius 1 is 1.26 bits per heavy atom. The number of rotatable bonds is 9. The second-order valence-corrected chi connectivity index (χ2v) is 8.13. The largest absolute Gasteiger partial charge is 0.493 e. The van der Waals surface area contributed by atoms with Gasteiger partial charge in [-0.05, 0) is 37.8 Å². The average molecular weight is 428 g/mol. The monoisotopic (exact) mass is 427 g/mol. The number of ether oxygens (including phenoxy) is 2. The van der Waals surface area contributed by atoms with Gasteiger partial charge in [0.05, 0.1) is 18.9 Å². The fourth-order valence-corrected chi connectivity index (χ4v) is 4.03. The van der Waals surface area contributed by atoms with Gasteiger partial charge in [-0.3, -0.25) is 9.67 Å². The van der Waals surface area contributed by atoms with Crippen LogP contribution in [0.3, 0.4) is 0 Å². The molecule has 1 saturated heterocycles. The van der Waals surface area contributed by atoms with E-state index >= 15 is 0 Å². The van der Waals surface area contributed by atoms with Crippen molar-refractivity contribution in [2.75, 3.05) is 26.9 Å². The van der Waals surface area contributed by atoms with Crippen LogP contribution in [0.4, 0.5) is 0 Å².